The zero-order chi connectivity index (χ0) is 20.0. The fourth-order valence-electron chi connectivity index (χ4n) is 2.85. The SMILES string of the molecule is CCOC(=O)[C@H](CC(=O)Nc1nc(C(C)=O)c(C)s1)[C@H](C)c1ccccc1. The topological polar surface area (TPSA) is 85.4 Å². The summed E-state index contributed by atoms with van der Waals surface area (Å²) in [4.78, 5) is 41.4. The number of rotatable bonds is 8. The third-order valence-corrected chi connectivity index (χ3v) is 5.19. The van der Waals surface area contributed by atoms with Gasteiger partial charge in [-0.15, -0.1) is 11.3 Å². The molecule has 0 aliphatic rings. The molecule has 1 aromatic heterocycles. The summed E-state index contributed by atoms with van der Waals surface area (Å²) >= 11 is 1.24. The van der Waals surface area contributed by atoms with E-state index in [1.54, 1.807) is 13.8 Å². The van der Waals surface area contributed by atoms with E-state index >= 15 is 0 Å². The lowest BCUT2D eigenvalue weighted by atomic mass is 9.85. The molecule has 0 saturated heterocycles. The molecule has 2 atom stereocenters. The molecule has 1 N–H and O–H groups in total. The number of carbonyl (C=O) groups is 3. The Morgan fingerprint density at radius 3 is 2.44 bits per heavy atom. The number of carbonyl (C=O) groups excluding carboxylic acids is 3. The Kier molecular flexibility index (Phi) is 7.24. The smallest absolute Gasteiger partial charge is 0.310 e. The molecule has 1 aromatic carbocycles. The molecular formula is C20H24N2O4S. The first-order valence-electron chi connectivity index (χ1n) is 8.83. The summed E-state index contributed by atoms with van der Waals surface area (Å²) in [6.45, 7) is 7.12. The van der Waals surface area contributed by atoms with Crippen LogP contribution in [0.3, 0.4) is 0 Å². The van der Waals surface area contributed by atoms with Crippen LogP contribution >= 0.6 is 11.3 Å². The third kappa shape index (κ3) is 5.47. The van der Waals surface area contributed by atoms with Crippen molar-refractivity contribution in [1.82, 2.24) is 4.98 Å². The zero-order valence-electron chi connectivity index (χ0n) is 15.9. The van der Waals surface area contributed by atoms with Crippen molar-refractivity contribution in [2.75, 3.05) is 11.9 Å². The summed E-state index contributed by atoms with van der Waals surface area (Å²) < 4.78 is 5.18. The molecule has 0 radical (unpaired) electrons. The second kappa shape index (κ2) is 9.41. The number of hydrogen-bond acceptors (Lipinski definition) is 6. The fourth-order valence-corrected chi connectivity index (χ4v) is 3.73. The van der Waals surface area contributed by atoms with Gasteiger partial charge in [0.2, 0.25) is 5.91 Å². The largest absolute Gasteiger partial charge is 0.466 e. The molecular weight excluding hydrogens is 364 g/mol. The number of ether oxygens (including phenoxy) is 1. The molecule has 6 nitrogen and oxygen atoms in total. The van der Waals surface area contributed by atoms with Crippen molar-refractivity contribution in [2.45, 2.75) is 40.0 Å². The lowest BCUT2D eigenvalue weighted by Crippen LogP contribution is -2.28. The van der Waals surface area contributed by atoms with Crippen molar-refractivity contribution in [3.05, 3.63) is 46.5 Å². The van der Waals surface area contributed by atoms with Crippen LogP contribution in [0.2, 0.25) is 0 Å². The summed E-state index contributed by atoms with van der Waals surface area (Å²) in [7, 11) is 0. The normalized spacial score (nSPS) is 12.9. The third-order valence-electron chi connectivity index (χ3n) is 4.30. The van der Waals surface area contributed by atoms with E-state index in [2.05, 4.69) is 10.3 Å². The van der Waals surface area contributed by atoms with Gasteiger partial charge in [-0.1, -0.05) is 37.3 Å². The quantitative estimate of drug-likeness (QED) is 0.546. The molecule has 0 spiro atoms. The Morgan fingerprint density at radius 1 is 1.22 bits per heavy atom. The van der Waals surface area contributed by atoms with Gasteiger partial charge in [0.25, 0.3) is 0 Å². The second-order valence-corrected chi connectivity index (χ2v) is 7.49. The molecule has 0 aliphatic carbocycles. The molecule has 7 heteroatoms. The first-order valence-corrected chi connectivity index (χ1v) is 9.64. The van der Waals surface area contributed by atoms with E-state index in [0.717, 1.165) is 10.4 Å². The van der Waals surface area contributed by atoms with Gasteiger partial charge in [0.05, 0.1) is 12.5 Å². The van der Waals surface area contributed by atoms with E-state index in [4.69, 9.17) is 4.74 Å². The first kappa shape index (κ1) is 20.8. The van der Waals surface area contributed by atoms with Crippen LogP contribution in [0.5, 0.6) is 0 Å². The highest BCUT2D eigenvalue weighted by Gasteiger charge is 2.30. The maximum Gasteiger partial charge on any atom is 0.310 e. The monoisotopic (exact) mass is 388 g/mol. The number of hydrogen-bond donors (Lipinski definition) is 1. The van der Waals surface area contributed by atoms with Crippen molar-refractivity contribution in [3.8, 4) is 0 Å². The molecule has 2 rings (SSSR count). The molecule has 0 aliphatic heterocycles. The van der Waals surface area contributed by atoms with Crippen LogP contribution < -0.4 is 5.32 Å². The number of amides is 1. The summed E-state index contributed by atoms with van der Waals surface area (Å²) in [5, 5.41) is 3.06. The van der Waals surface area contributed by atoms with Crippen LogP contribution in [0.4, 0.5) is 5.13 Å². The standard InChI is InChI=1S/C20H24N2O4S/c1-5-26-19(25)16(12(2)15-9-7-6-8-10-15)11-17(24)21-20-22-18(13(3)23)14(4)27-20/h6-10,12,16H,5,11H2,1-4H3,(H,21,22,24)/t12-,16-/m1/s1. The number of aromatic nitrogens is 1. The summed E-state index contributed by atoms with van der Waals surface area (Å²) in [5.74, 6) is -1.67. The highest BCUT2D eigenvalue weighted by Crippen LogP contribution is 2.29. The van der Waals surface area contributed by atoms with Gasteiger partial charge < -0.3 is 10.1 Å². The second-order valence-electron chi connectivity index (χ2n) is 6.29. The highest BCUT2D eigenvalue weighted by molar-refractivity contribution is 7.16. The fraction of sp³-hybridized carbons (Fsp3) is 0.400. The minimum absolute atomic E-state index is 0.0249. The Labute approximate surface area is 163 Å². The van der Waals surface area contributed by atoms with Crippen molar-refractivity contribution in [1.29, 1.82) is 0 Å². The average Bonchev–Trinajstić information content (AvgIpc) is 3.00. The van der Waals surface area contributed by atoms with Crippen LogP contribution in [-0.2, 0) is 14.3 Å². The zero-order valence-corrected chi connectivity index (χ0v) is 16.8. The number of nitrogens with zero attached hydrogens (tertiary/aromatic N) is 1. The number of benzene rings is 1. The van der Waals surface area contributed by atoms with Crippen LogP contribution in [-0.4, -0.2) is 29.3 Å². The van der Waals surface area contributed by atoms with Crippen molar-refractivity contribution in [3.63, 3.8) is 0 Å². The summed E-state index contributed by atoms with van der Waals surface area (Å²) in [5.41, 5.74) is 1.32. The molecule has 144 valence electrons. The highest BCUT2D eigenvalue weighted by atomic mass is 32.1. The molecule has 0 fully saturated rings. The molecule has 1 amide bonds. The molecule has 0 bridgehead atoms. The maximum atomic E-state index is 12.5. The van der Waals surface area contributed by atoms with Gasteiger partial charge in [0.1, 0.15) is 5.69 Å². The minimum Gasteiger partial charge on any atom is -0.466 e. The van der Waals surface area contributed by atoms with Crippen LogP contribution in [0, 0.1) is 12.8 Å². The van der Waals surface area contributed by atoms with Crippen LogP contribution in [0.25, 0.3) is 0 Å². The van der Waals surface area contributed by atoms with Gasteiger partial charge >= 0.3 is 5.97 Å². The number of anilines is 1. The van der Waals surface area contributed by atoms with E-state index < -0.39 is 11.9 Å². The van der Waals surface area contributed by atoms with E-state index in [1.807, 2.05) is 37.3 Å². The Morgan fingerprint density at radius 2 is 1.89 bits per heavy atom. The van der Waals surface area contributed by atoms with E-state index in [0.29, 0.717) is 10.8 Å². The molecule has 2 aromatic rings. The van der Waals surface area contributed by atoms with Crippen LogP contribution in [0.15, 0.2) is 30.3 Å². The Bertz CT molecular complexity index is 817. The van der Waals surface area contributed by atoms with Gasteiger partial charge in [0.15, 0.2) is 10.9 Å². The Hall–Kier alpha value is -2.54. The number of aryl methyl sites for hydroxylation is 1. The van der Waals surface area contributed by atoms with Crippen molar-refractivity contribution < 1.29 is 19.1 Å². The lowest BCUT2D eigenvalue weighted by Gasteiger charge is -2.22. The predicted molar refractivity (Wildman–Crippen MR) is 105 cm³/mol. The number of Topliss-reactive ketones (excluding diaryl/α,β-unsaturated/α-hetero) is 1. The first-order chi connectivity index (χ1) is 12.8. The van der Waals surface area contributed by atoms with Gasteiger partial charge in [-0.05, 0) is 25.3 Å². The molecule has 0 unspecified atom stereocenters. The maximum absolute atomic E-state index is 12.5. The van der Waals surface area contributed by atoms with Gasteiger partial charge in [-0.25, -0.2) is 4.98 Å². The van der Waals surface area contributed by atoms with E-state index in [9.17, 15) is 14.4 Å². The summed E-state index contributed by atoms with van der Waals surface area (Å²) in [6.07, 6.45) is -0.0249. The van der Waals surface area contributed by atoms with Crippen molar-refractivity contribution in [2.24, 2.45) is 5.92 Å². The van der Waals surface area contributed by atoms with Gasteiger partial charge in [-0.2, -0.15) is 0 Å². The van der Waals surface area contributed by atoms with Gasteiger partial charge in [-0.3, -0.25) is 14.4 Å². The lowest BCUT2D eigenvalue weighted by molar-refractivity contribution is -0.150. The number of esters is 1. The molecule has 27 heavy (non-hydrogen) atoms. The van der Waals surface area contributed by atoms with Gasteiger partial charge in [0, 0.05) is 18.2 Å². The van der Waals surface area contributed by atoms with E-state index in [-0.39, 0.29) is 30.6 Å². The molecule has 0 saturated carbocycles. The van der Waals surface area contributed by atoms with E-state index in [1.165, 1.54) is 18.3 Å². The number of thiazole rings is 1. The molecule has 1 heterocycles. The summed E-state index contributed by atoms with van der Waals surface area (Å²) in [6, 6.07) is 9.56. The number of nitrogens with one attached hydrogen (secondary N) is 1. The van der Waals surface area contributed by atoms with Crippen LogP contribution in [0.1, 0.15) is 54.0 Å². The predicted octanol–water partition coefficient (Wildman–Crippen LogP) is 3.97. The average molecular weight is 388 g/mol. The minimum atomic E-state index is -0.610. The Balaban J connectivity index is 2.14. The van der Waals surface area contributed by atoms with Crippen molar-refractivity contribution >= 4 is 34.1 Å². The number of ketones is 1.